The molecule has 0 aromatic carbocycles. The summed E-state index contributed by atoms with van der Waals surface area (Å²) in [5.74, 6) is 0.363. The Hall–Kier alpha value is -1.78. The number of rotatable bonds is 13. The summed E-state index contributed by atoms with van der Waals surface area (Å²) in [5, 5.41) is 0.217. The van der Waals surface area contributed by atoms with Crippen LogP contribution >= 0.6 is 0 Å². The lowest BCUT2D eigenvalue weighted by Gasteiger charge is -2.48. The number of esters is 1. The fraction of sp³-hybridized carbons (Fsp3) is 0.675. The molecule has 266 valence electrons. The van der Waals surface area contributed by atoms with Crippen molar-refractivity contribution < 1.29 is 23.1 Å². The van der Waals surface area contributed by atoms with Crippen LogP contribution in [-0.2, 0) is 23.1 Å². The van der Waals surface area contributed by atoms with Crippen LogP contribution in [0, 0.1) is 11.8 Å². The molecule has 2 aliphatic rings. The van der Waals surface area contributed by atoms with Gasteiger partial charge in [-0.15, -0.1) is 0 Å². The van der Waals surface area contributed by atoms with Gasteiger partial charge in [0.25, 0.3) is 0 Å². The largest absolute Gasteiger partial charge is 0.455 e. The summed E-state index contributed by atoms with van der Waals surface area (Å²) in [4.78, 5) is 11.5. The van der Waals surface area contributed by atoms with E-state index in [-0.39, 0.29) is 52.5 Å². The Morgan fingerprint density at radius 1 is 1.04 bits per heavy atom. The van der Waals surface area contributed by atoms with E-state index in [1.165, 1.54) is 17.2 Å². The number of hydrogen-bond acceptors (Lipinski definition) is 5. The first-order chi connectivity index (χ1) is 21.6. The van der Waals surface area contributed by atoms with Gasteiger partial charge in [-0.05, 0) is 75.5 Å². The molecule has 0 saturated carbocycles. The zero-order chi connectivity index (χ0) is 35.8. The predicted molar refractivity (Wildman–Crippen MR) is 205 cm³/mol. The molecule has 5 nitrogen and oxygen atoms in total. The van der Waals surface area contributed by atoms with Gasteiger partial charge in [-0.1, -0.05) is 115 Å². The minimum Gasteiger partial charge on any atom is -0.455 e. The molecule has 0 aliphatic carbocycles. The van der Waals surface area contributed by atoms with Crippen molar-refractivity contribution in [2.75, 3.05) is 0 Å². The van der Waals surface area contributed by atoms with Crippen molar-refractivity contribution >= 4 is 22.6 Å². The van der Waals surface area contributed by atoms with Crippen LogP contribution < -0.4 is 0 Å². The van der Waals surface area contributed by atoms with E-state index < -0.39 is 16.6 Å². The van der Waals surface area contributed by atoms with E-state index in [1.807, 2.05) is 12.2 Å². The van der Waals surface area contributed by atoms with Crippen LogP contribution in [0.5, 0.6) is 0 Å². The number of cyclic esters (lactones) is 1. The maximum absolute atomic E-state index is 11.5. The van der Waals surface area contributed by atoms with Gasteiger partial charge >= 0.3 is 5.97 Å². The molecule has 0 aromatic rings. The molecule has 1 fully saturated rings. The molecule has 0 radical (unpaired) electrons. The predicted octanol–water partition coefficient (Wildman–Crippen LogP) is 11.0. The number of ether oxygens (including phenoxy) is 2. The molecule has 0 aromatic heterocycles. The summed E-state index contributed by atoms with van der Waals surface area (Å²) >= 11 is 0. The zero-order valence-electron chi connectivity index (χ0n) is 32.5. The van der Waals surface area contributed by atoms with E-state index in [0.29, 0.717) is 5.92 Å². The molecule has 2 aliphatic heterocycles. The number of hydrogen-bond donors (Lipinski definition) is 0. The summed E-state index contributed by atoms with van der Waals surface area (Å²) in [5.41, 5.74) is 2.48. The van der Waals surface area contributed by atoms with Gasteiger partial charge in [-0.2, -0.15) is 0 Å². The maximum atomic E-state index is 11.5. The lowest BCUT2D eigenvalue weighted by atomic mass is 9.88. The van der Waals surface area contributed by atoms with Gasteiger partial charge in [-0.25, -0.2) is 4.79 Å². The Morgan fingerprint density at radius 2 is 1.68 bits per heavy atom. The van der Waals surface area contributed by atoms with Crippen LogP contribution in [0.15, 0.2) is 71.9 Å². The average molecular weight is 685 g/mol. The molecule has 2 heterocycles. The highest BCUT2D eigenvalue weighted by atomic mass is 28.4. The van der Waals surface area contributed by atoms with E-state index in [9.17, 15) is 4.79 Å². The van der Waals surface area contributed by atoms with Gasteiger partial charge in [-0.3, -0.25) is 0 Å². The van der Waals surface area contributed by atoms with Gasteiger partial charge in [0.2, 0.25) is 0 Å². The molecule has 7 atom stereocenters. The van der Waals surface area contributed by atoms with Crippen LogP contribution in [0.2, 0.25) is 36.3 Å². The summed E-state index contributed by atoms with van der Waals surface area (Å²) < 4.78 is 26.4. The van der Waals surface area contributed by atoms with Gasteiger partial charge in [0.05, 0.1) is 24.4 Å². The third-order valence-electron chi connectivity index (χ3n) is 10.5. The third-order valence-corrected chi connectivity index (χ3v) is 19.5. The smallest absolute Gasteiger partial charge is 0.331 e. The van der Waals surface area contributed by atoms with E-state index in [4.69, 9.17) is 18.3 Å². The Bertz CT molecular complexity index is 1210. The summed E-state index contributed by atoms with van der Waals surface area (Å²) in [6.45, 7) is 34.1. The first-order valence-electron chi connectivity index (χ1n) is 17.8. The highest BCUT2D eigenvalue weighted by Crippen LogP contribution is 2.43. The molecule has 7 heteroatoms. The van der Waals surface area contributed by atoms with E-state index >= 15 is 0 Å². The molecule has 0 unspecified atom stereocenters. The minimum atomic E-state index is -2.10. The van der Waals surface area contributed by atoms with Crippen molar-refractivity contribution in [3.05, 3.63) is 71.9 Å². The average Bonchev–Trinajstić information content (AvgIpc) is 2.92. The summed E-state index contributed by atoms with van der Waals surface area (Å²) in [7, 11) is -4.09. The van der Waals surface area contributed by atoms with E-state index in [0.717, 1.165) is 19.3 Å². The highest BCUT2D eigenvalue weighted by Gasteiger charge is 2.47. The second-order valence-corrected chi connectivity index (χ2v) is 26.5. The van der Waals surface area contributed by atoms with Crippen LogP contribution in [0.4, 0.5) is 0 Å². The normalized spacial score (nSPS) is 27.2. The fourth-order valence-corrected chi connectivity index (χ4v) is 8.19. The SMILES string of the molecule is CC=C[C@H]1O[C@@H]([C@H](C=CC=C(C)C[C@@H](C)C=C(C)C=C[C@H]2CC=CC(=O)O2)O[Si](C)(C)C(C)(C)C)C[C@H](O[Si](C)(C)C(C)(C)C)[C@H]1C. The fourth-order valence-electron chi connectivity index (χ4n) is 5.51. The number of allylic oxidation sites excluding steroid dienone is 7. The molecule has 0 bridgehead atoms. The lowest BCUT2D eigenvalue weighted by molar-refractivity contribution is -0.141. The standard InChI is InChI=1S/C40H68O5Si2/c1-16-19-34-32(5)36(45-47(14,15)40(9,10)11)28-37(43-34)35(44-46(12,13)39(6,7)8)22-17-20-29(2)26-31(4)27-30(3)24-25-33-21-18-23-38(41)42-33/h16-20,22-25,27,31-37H,21,26,28H2,1-15H3/t31-,32+,33-,34-,35+,36+,37-/m1/s1. The lowest BCUT2D eigenvalue weighted by Crippen LogP contribution is -2.55. The Kier molecular flexibility index (Phi) is 15.2. The summed E-state index contributed by atoms with van der Waals surface area (Å²) in [6, 6.07) is 0. The first-order valence-corrected chi connectivity index (χ1v) is 23.6. The van der Waals surface area contributed by atoms with Crippen molar-refractivity contribution in [2.24, 2.45) is 11.8 Å². The number of carbonyl (C=O) groups excluding carboxylic acids is 1. The van der Waals surface area contributed by atoms with E-state index in [1.54, 1.807) is 0 Å². The highest BCUT2D eigenvalue weighted by molar-refractivity contribution is 6.74. The molecule has 2 rings (SSSR count). The van der Waals surface area contributed by atoms with Crippen molar-refractivity contribution in [3.8, 4) is 0 Å². The van der Waals surface area contributed by atoms with Gasteiger partial charge in [0.1, 0.15) is 6.10 Å². The molecule has 47 heavy (non-hydrogen) atoms. The van der Waals surface area contributed by atoms with Crippen molar-refractivity contribution in [3.63, 3.8) is 0 Å². The molecule has 0 amide bonds. The van der Waals surface area contributed by atoms with Crippen molar-refractivity contribution in [1.29, 1.82) is 0 Å². The molecule has 0 spiro atoms. The van der Waals surface area contributed by atoms with E-state index in [2.05, 4.69) is 145 Å². The Labute approximate surface area is 290 Å². The van der Waals surface area contributed by atoms with Gasteiger partial charge < -0.3 is 18.3 Å². The van der Waals surface area contributed by atoms with Crippen LogP contribution in [0.1, 0.15) is 95.4 Å². The second kappa shape index (κ2) is 17.2. The molecule has 1 saturated heterocycles. The second-order valence-electron chi connectivity index (χ2n) is 17.0. The van der Waals surface area contributed by atoms with Crippen LogP contribution in [0.3, 0.4) is 0 Å². The monoisotopic (exact) mass is 684 g/mol. The first kappa shape index (κ1) is 41.4. The van der Waals surface area contributed by atoms with Crippen molar-refractivity contribution in [1.82, 2.24) is 0 Å². The molecular formula is C40H68O5Si2. The quantitative estimate of drug-likeness (QED) is 0.0836. The molecule has 0 N–H and O–H groups in total. The Balaban J connectivity index is 2.28. The third kappa shape index (κ3) is 12.9. The van der Waals surface area contributed by atoms with Crippen LogP contribution in [-0.4, -0.2) is 53.1 Å². The molecular weight excluding hydrogens is 617 g/mol. The van der Waals surface area contributed by atoms with Crippen molar-refractivity contribution in [2.45, 2.75) is 162 Å². The maximum Gasteiger partial charge on any atom is 0.331 e. The van der Waals surface area contributed by atoms with Gasteiger partial charge in [0.15, 0.2) is 16.6 Å². The zero-order valence-corrected chi connectivity index (χ0v) is 34.5. The topological polar surface area (TPSA) is 54.0 Å². The minimum absolute atomic E-state index is 0.0173. The van der Waals surface area contributed by atoms with Crippen LogP contribution in [0.25, 0.3) is 0 Å². The summed E-state index contributed by atoms with van der Waals surface area (Å²) in [6.07, 6.45) is 22.8. The number of carbonyl (C=O) groups is 1. The van der Waals surface area contributed by atoms with Gasteiger partial charge in [0, 0.05) is 24.8 Å². The Morgan fingerprint density at radius 3 is 2.26 bits per heavy atom.